The smallest absolute Gasteiger partial charge is 0.220 e. The highest BCUT2D eigenvalue weighted by atomic mass is 16.3. The van der Waals surface area contributed by atoms with Crippen LogP contribution in [0.1, 0.15) is 111 Å². The van der Waals surface area contributed by atoms with Crippen LogP contribution in [0.5, 0.6) is 0 Å². The van der Waals surface area contributed by atoms with Crippen molar-refractivity contribution in [3.05, 3.63) is 0 Å². The molecule has 0 aromatic carbocycles. The van der Waals surface area contributed by atoms with Crippen LogP contribution in [0.15, 0.2) is 0 Å². The quantitative estimate of drug-likeness (QED) is 0.181. The third-order valence-electron chi connectivity index (χ3n) is 7.35. The second-order valence-electron chi connectivity index (χ2n) is 11.9. The number of rotatable bonds is 22. The number of aliphatic hydroxyl groups excluding tert-OH is 1. The zero-order valence-electron chi connectivity index (χ0n) is 24.7. The predicted octanol–water partition coefficient (Wildman–Crippen LogP) is 4.58. The SMILES string of the molecule is CC(C)CNC(=O)CCCCCN(CCCCCC(=O)NCC(C)C)CCN(CCO)C1CCCCC1. The first-order chi connectivity index (χ1) is 17.8. The fourth-order valence-electron chi connectivity index (χ4n) is 5.07. The van der Waals surface area contributed by atoms with Crippen LogP contribution in [0, 0.1) is 11.8 Å². The Hall–Kier alpha value is -1.18. The summed E-state index contributed by atoms with van der Waals surface area (Å²) in [6.07, 6.45) is 14.0. The molecular formula is C30H60N4O3. The van der Waals surface area contributed by atoms with Crippen LogP contribution in [0.25, 0.3) is 0 Å². The summed E-state index contributed by atoms with van der Waals surface area (Å²) in [5.41, 5.74) is 0. The van der Waals surface area contributed by atoms with Crippen LogP contribution < -0.4 is 10.6 Å². The van der Waals surface area contributed by atoms with Gasteiger partial charge in [-0.15, -0.1) is 0 Å². The van der Waals surface area contributed by atoms with Crippen molar-refractivity contribution in [1.29, 1.82) is 0 Å². The van der Waals surface area contributed by atoms with Crippen molar-refractivity contribution in [3.8, 4) is 0 Å². The Kier molecular flexibility index (Phi) is 19.9. The number of carbonyl (C=O) groups is 2. The van der Waals surface area contributed by atoms with Gasteiger partial charge < -0.3 is 20.6 Å². The van der Waals surface area contributed by atoms with Crippen LogP contribution >= 0.6 is 0 Å². The molecule has 1 rings (SSSR count). The second kappa shape index (κ2) is 21.7. The predicted molar refractivity (Wildman–Crippen MR) is 155 cm³/mol. The molecule has 0 saturated heterocycles. The zero-order chi connectivity index (χ0) is 27.3. The molecule has 1 aliphatic carbocycles. The van der Waals surface area contributed by atoms with Crippen molar-refractivity contribution in [3.63, 3.8) is 0 Å². The molecule has 2 amide bonds. The molecule has 0 aliphatic heterocycles. The average molecular weight is 525 g/mol. The Morgan fingerprint density at radius 1 is 0.703 bits per heavy atom. The standard InChI is InChI=1S/C30H60N4O3/c1-26(2)24-31-29(36)16-10-6-12-18-33(19-13-7-11-17-30(37)32-25-27(3)4)20-21-34(22-23-35)28-14-8-5-9-15-28/h26-28,35H,5-25H2,1-4H3,(H,31,36)(H,32,37). The van der Waals surface area contributed by atoms with Gasteiger partial charge in [0.25, 0.3) is 0 Å². The van der Waals surface area contributed by atoms with Gasteiger partial charge in [0.15, 0.2) is 0 Å². The third-order valence-corrected chi connectivity index (χ3v) is 7.35. The van der Waals surface area contributed by atoms with Crippen LogP contribution in [-0.2, 0) is 9.59 Å². The minimum absolute atomic E-state index is 0.176. The zero-order valence-corrected chi connectivity index (χ0v) is 24.7. The first-order valence-electron chi connectivity index (χ1n) is 15.4. The Balaban J connectivity index is 2.42. The summed E-state index contributed by atoms with van der Waals surface area (Å²) in [5.74, 6) is 1.34. The second-order valence-corrected chi connectivity index (χ2v) is 11.9. The van der Waals surface area contributed by atoms with Crippen molar-refractivity contribution in [2.24, 2.45) is 11.8 Å². The molecule has 218 valence electrons. The van der Waals surface area contributed by atoms with E-state index in [1.807, 2.05) is 0 Å². The minimum Gasteiger partial charge on any atom is -0.395 e. The van der Waals surface area contributed by atoms with E-state index in [1.54, 1.807) is 0 Å². The highest BCUT2D eigenvalue weighted by Gasteiger charge is 2.21. The van der Waals surface area contributed by atoms with E-state index in [2.05, 4.69) is 48.1 Å². The molecule has 0 bridgehead atoms. The number of nitrogens with one attached hydrogen (secondary N) is 2. The van der Waals surface area contributed by atoms with Gasteiger partial charge in [-0.3, -0.25) is 14.5 Å². The highest BCUT2D eigenvalue weighted by molar-refractivity contribution is 5.76. The van der Waals surface area contributed by atoms with Crippen molar-refractivity contribution in [2.45, 2.75) is 117 Å². The molecule has 3 N–H and O–H groups in total. The molecule has 1 saturated carbocycles. The first kappa shape index (κ1) is 33.8. The monoisotopic (exact) mass is 524 g/mol. The molecule has 0 radical (unpaired) electrons. The van der Waals surface area contributed by atoms with Gasteiger partial charge in [-0.1, -0.05) is 59.8 Å². The molecule has 1 aliphatic rings. The Bertz CT molecular complexity index is 545. The van der Waals surface area contributed by atoms with Gasteiger partial charge >= 0.3 is 0 Å². The van der Waals surface area contributed by atoms with Crippen LogP contribution in [-0.4, -0.2) is 85.2 Å². The Labute approximate surface area is 228 Å². The van der Waals surface area contributed by atoms with Crippen LogP contribution in [0.4, 0.5) is 0 Å². The number of nitrogens with zero attached hydrogens (tertiary/aromatic N) is 2. The average Bonchev–Trinajstić information content (AvgIpc) is 2.88. The maximum absolute atomic E-state index is 12.0. The first-order valence-corrected chi connectivity index (χ1v) is 15.4. The summed E-state index contributed by atoms with van der Waals surface area (Å²) in [6.45, 7) is 15.1. The van der Waals surface area contributed by atoms with E-state index >= 15 is 0 Å². The van der Waals surface area contributed by atoms with Crippen LogP contribution in [0.2, 0.25) is 0 Å². The fourth-order valence-corrected chi connectivity index (χ4v) is 5.07. The molecule has 0 unspecified atom stereocenters. The lowest BCUT2D eigenvalue weighted by atomic mass is 9.94. The van der Waals surface area contributed by atoms with Gasteiger partial charge in [-0.25, -0.2) is 0 Å². The number of hydrogen-bond acceptors (Lipinski definition) is 5. The lowest BCUT2D eigenvalue weighted by Gasteiger charge is -2.35. The molecule has 0 heterocycles. The summed E-state index contributed by atoms with van der Waals surface area (Å²) in [6, 6.07) is 0.622. The molecule has 7 nitrogen and oxygen atoms in total. The van der Waals surface area contributed by atoms with E-state index < -0.39 is 0 Å². The fraction of sp³-hybridized carbons (Fsp3) is 0.933. The summed E-state index contributed by atoms with van der Waals surface area (Å²) < 4.78 is 0. The third kappa shape index (κ3) is 18.7. The van der Waals surface area contributed by atoms with Crippen molar-refractivity contribution in [1.82, 2.24) is 20.4 Å². The highest BCUT2D eigenvalue weighted by Crippen LogP contribution is 2.22. The maximum Gasteiger partial charge on any atom is 0.220 e. The van der Waals surface area contributed by atoms with Gasteiger partial charge in [-0.2, -0.15) is 0 Å². The normalized spacial score (nSPS) is 14.7. The minimum atomic E-state index is 0.176. The van der Waals surface area contributed by atoms with E-state index in [0.717, 1.165) is 84.3 Å². The molecule has 0 aromatic heterocycles. The van der Waals surface area contributed by atoms with Crippen molar-refractivity contribution >= 4 is 11.8 Å². The van der Waals surface area contributed by atoms with Crippen LogP contribution in [0.3, 0.4) is 0 Å². The number of hydrogen-bond donors (Lipinski definition) is 3. The lowest BCUT2D eigenvalue weighted by molar-refractivity contribution is -0.122. The number of amides is 2. The van der Waals surface area contributed by atoms with Gasteiger partial charge in [0.1, 0.15) is 0 Å². The van der Waals surface area contributed by atoms with E-state index in [-0.39, 0.29) is 18.4 Å². The van der Waals surface area contributed by atoms with E-state index in [9.17, 15) is 14.7 Å². The number of unbranched alkanes of at least 4 members (excludes halogenated alkanes) is 4. The molecule has 1 fully saturated rings. The lowest BCUT2D eigenvalue weighted by Crippen LogP contribution is -2.43. The van der Waals surface area contributed by atoms with Crippen molar-refractivity contribution < 1.29 is 14.7 Å². The molecular weight excluding hydrogens is 464 g/mol. The van der Waals surface area contributed by atoms with Gasteiger partial charge in [0.2, 0.25) is 11.8 Å². The topological polar surface area (TPSA) is 84.9 Å². The van der Waals surface area contributed by atoms with Gasteiger partial charge in [0.05, 0.1) is 6.61 Å². The number of aliphatic hydroxyl groups is 1. The van der Waals surface area contributed by atoms with Crippen molar-refractivity contribution in [2.75, 3.05) is 52.4 Å². The molecule has 37 heavy (non-hydrogen) atoms. The summed E-state index contributed by atoms with van der Waals surface area (Å²) in [4.78, 5) is 29.1. The number of carbonyl (C=O) groups excluding carboxylic acids is 2. The molecule has 0 spiro atoms. The Morgan fingerprint density at radius 2 is 1.22 bits per heavy atom. The molecule has 0 aromatic rings. The molecule has 7 heteroatoms. The van der Waals surface area contributed by atoms with E-state index in [0.29, 0.717) is 30.7 Å². The summed E-state index contributed by atoms with van der Waals surface area (Å²) in [5, 5.41) is 15.7. The van der Waals surface area contributed by atoms with Gasteiger partial charge in [-0.05, 0) is 63.5 Å². The maximum atomic E-state index is 12.0. The van der Waals surface area contributed by atoms with E-state index in [4.69, 9.17) is 0 Å². The van der Waals surface area contributed by atoms with Gasteiger partial charge in [0, 0.05) is 51.6 Å². The summed E-state index contributed by atoms with van der Waals surface area (Å²) >= 11 is 0. The van der Waals surface area contributed by atoms with E-state index in [1.165, 1.54) is 32.1 Å². The summed E-state index contributed by atoms with van der Waals surface area (Å²) in [7, 11) is 0. The largest absolute Gasteiger partial charge is 0.395 e. The molecule has 0 atom stereocenters. The Morgan fingerprint density at radius 3 is 1.68 bits per heavy atom.